The van der Waals surface area contributed by atoms with Crippen LogP contribution in [0.5, 0.6) is 0 Å². The highest BCUT2D eigenvalue weighted by Crippen LogP contribution is 2.66. The van der Waals surface area contributed by atoms with Crippen molar-refractivity contribution in [3.8, 4) is 0 Å². The van der Waals surface area contributed by atoms with Crippen LogP contribution in [0.1, 0.15) is 12.0 Å². The smallest absolute Gasteiger partial charge is 0.322 e. The van der Waals surface area contributed by atoms with E-state index in [0.29, 0.717) is 12.1 Å². The summed E-state index contributed by atoms with van der Waals surface area (Å²) in [6, 6.07) is 3.90. The maximum Gasteiger partial charge on any atom is 0.322 e. The van der Waals surface area contributed by atoms with Gasteiger partial charge in [-0.15, -0.1) is 0 Å². The van der Waals surface area contributed by atoms with Crippen molar-refractivity contribution in [3.05, 3.63) is 29.6 Å². The topological polar surface area (TPSA) is 90.7 Å². The lowest BCUT2D eigenvalue weighted by molar-refractivity contribution is -0.141. The molecule has 1 aliphatic carbocycles. The van der Waals surface area contributed by atoms with Crippen molar-refractivity contribution in [2.75, 3.05) is 19.5 Å². The molecular formula is C14H15F2N3O2S. The molecule has 0 aromatic heterocycles. The molecule has 5 nitrogen and oxygen atoms in total. The Morgan fingerprint density at radius 3 is 2.91 bits per heavy atom. The zero-order valence-corrected chi connectivity index (χ0v) is 12.6. The number of rotatable bonds is 3. The second kappa shape index (κ2) is 4.84. The molecule has 118 valence electrons. The summed E-state index contributed by atoms with van der Waals surface area (Å²) < 4.78 is 32.0. The molecule has 2 aliphatic rings. The van der Waals surface area contributed by atoms with E-state index in [0.717, 1.165) is 17.8 Å². The summed E-state index contributed by atoms with van der Waals surface area (Å²) in [6.07, 6.45) is 0.326. The number of esters is 1. The number of halogens is 2. The van der Waals surface area contributed by atoms with E-state index in [1.165, 1.54) is 19.2 Å². The number of nitrogens with zero attached hydrogens (tertiary/aromatic N) is 1. The van der Waals surface area contributed by atoms with Gasteiger partial charge >= 0.3 is 5.97 Å². The fourth-order valence-corrected chi connectivity index (χ4v) is 4.49. The number of aliphatic imine (C=N–C) groups is 1. The van der Waals surface area contributed by atoms with Gasteiger partial charge in [0.05, 0.1) is 7.11 Å². The maximum absolute atomic E-state index is 14.3. The van der Waals surface area contributed by atoms with Crippen LogP contribution in [0.3, 0.4) is 0 Å². The summed E-state index contributed by atoms with van der Waals surface area (Å²) in [5, 5.41) is 0.0404. The van der Waals surface area contributed by atoms with Gasteiger partial charge < -0.3 is 16.2 Å². The summed E-state index contributed by atoms with van der Waals surface area (Å²) in [5.74, 6) is -1.64. The molecule has 0 bridgehead atoms. The number of hydrogen-bond acceptors (Lipinski definition) is 6. The normalized spacial score (nSPS) is 32.9. The van der Waals surface area contributed by atoms with Crippen molar-refractivity contribution in [3.63, 3.8) is 0 Å². The molecule has 3 unspecified atom stereocenters. The molecule has 0 radical (unpaired) electrons. The molecule has 1 aromatic rings. The van der Waals surface area contributed by atoms with Gasteiger partial charge in [0, 0.05) is 17.2 Å². The largest absolute Gasteiger partial charge is 0.468 e. The van der Waals surface area contributed by atoms with E-state index in [1.807, 2.05) is 0 Å². The van der Waals surface area contributed by atoms with Crippen LogP contribution < -0.4 is 11.5 Å². The highest BCUT2D eigenvalue weighted by molar-refractivity contribution is 8.15. The molecule has 1 heterocycles. The molecule has 8 heteroatoms. The molecule has 22 heavy (non-hydrogen) atoms. The van der Waals surface area contributed by atoms with Crippen LogP contribution in [-0.2, 0) is 15.1 Å². The first-order valence-corrected chi connectivity index (χ1v) is 7.45. The Hall–Kier alpha value is -1.83. The average Bonchev–Trinajstić information content (AvgIpc) is 3.24. The Kier molecular flexibility index (Phi) is 3.32. The predicted octanol–water partition coefficient (Wildman–Crippen LogP) is 1.57. The summed E-state index contributed by atoms with van der Waals surface area (Å²) in [7, 11) is 1.26. The standard InChI is InChI=1S/C14H15F2N3O2S/c1-21-11(20)14-5-10(14)13(6-15,19-12(18)22-14)8-4-7(17)2-3-9(8)16/h2-4,10H,5-6,17H2,1H3,(H2,18,19). The van der Waals surface area contributed by atoms with E-state index < -0.39 is 34.7 Å². The van der Waals surface area contributed by atoms with Crippen molar-refractivity contribution in [1.82, 2.24) is 0 Å². The Morgan fingerprint density at radius 2 is 2.27 bits per heavy atom. The summed E-state index contributed by atoms with van der Waals surface area (Å²) in [5.41, 5.74) is 10.3. The molecule has 0 amide bonds. The average molecular weight is 327 g/mol. The first kappa shape index (κ1) is 15.1. The van der Waals surface area contributed by atoms with Crippen LogP contribution in [0.25, 0.3) is 0 Å². The van der Waals surface area contributed by atoms with Gasteiger partial charge in [0.1, 0.15) is 22.8 Å². The summed E-state index contributed by atoms with van der Waals surface area (Å²) >= 11 is 1.05. The number of nitrogens with two attached hydrogens (primary N) is 2. The van der Waals surface area contributed by atoms with Crippen molar-refractivity contribution in [2.24, 2.45) is 16.6 Å². The number of alkyl halides is 1. The lowest BCUT2D eigenvalue weighted by Gasteiger charge is -2.34. The van der Waals surface area contributed by atoms with Gasteiger partial charge in [-0.1, -0.05) is 11.8 Å². The van der Waals surface area contributed by atoms with Crippen molar-refractivity contribution >= 4 is 28.6 Å². The molecule has 0 spiro atoms. The van der Waals surface area contributed by atoms with Crippen molar-refractivity contribution < 1.29 is 18.3 Å². The second-order valence-corrected chi connectivity index (χ2v) is 6.84. The van der Waals surface area contributed by atoms with Crippen LogP contribution >= 0.6 is 11.8 Å². The Bertz CT molecular complexity index is 684. The number of nitrogen functional groups attached to an aromatic ring is 1. The van der Waals surface area contributed by atoms with Gasteiger partial charge in [-0.25, -0.2) is 13.8 Å². The lowest BCUT2D eigenvalue weighted by atomic mass is 9.84. The van der Waals surface area contributed by atoms with E-state index in [-0.39, 0.29) is 10.7 Å². The number of carbonyl (C=O) groups excluding carboxylic acids is 1. The quantitative estimate of drug-likeness (QED) is 0.649. The van der Waals surface area contributed by atoms with Crippen molar-refractivity contribution in [2.45, 2.75) is 16.7 Å². The van der Waals surface area contributed by atoms with E-state index >= 15 is 0 Å². The van der Waals surface area contributed by atoms with Crippen molar-refractivity contribution in [1.29, 1.82) is 0 Å². The molecule has 1 aromatic carbocycles. The lowest BCUT2D eigenvalue weighted by Crippen LogP contribution is -2.43. The zero-order chi connectivity index (χ0) is 16.1. The minimum atomic E-state index is -1.54. The molecule has 1 saturated carbocycles. The number of hydrogen-bond donors (Lipinski definition) is 2. The number of benzene rings is 1. The zero-order valence-electron chi connectivity index (χ0n) is 11.8. The van der Waals surface area contributed by atoms with E-state index in [1.54, 1.807) is 0 Å². The Balaban J connectivity index is 2.16. The first-order valence-electron chi connectivity index (χ1n) is 6.64. The summed E-state index contributed by atoms with van der Waals surface area (Å²) in [4.78, 5) is 16.2. The second-order valence-electron chi connectivity index (χ2n) is 5.49. The van der Waals surface area contributed by atoms with Gasteiger partial charge in [0.2, 0.25) is 0 Å². The van der Waals surface area contributed by atoms with Crippen LogP contribution in [0, 0.1) is 11.7 Å². The third-order valence-corrected chi connectivity index (χ3v) is 5.56. The molecule has 3 rings (SSSR count). The van der Waals surface area contributed by atoms with Crippen LogP contribution in [0.15, 0.2) is 23.2 Å². The fraction of sp³-hybridized carbons (Fsp3) is 0.429. The van der Waals surface area contributed by atoms with Gasteiger partial charge in [0.25, 0.3) is 0 Å². The molecule has 0 saturated heterocycles. The monoisotopic (exact) mass is 327 g/mol. The van der Waals surface area contributed by atoms with Gasteiger partial charge in [-0.2, -0.15) is 0 Å². The third kappa shape index (κ3) is 1.89. The highest BCUT2D eigenvalue weighted by atomic mass is 32.2. The number of carbonyl (C=O) groups is 1. The number of fused-ring (bicyclic) bond motifs is 1. The number of ether oxygens (including phenoxy) is 1. The molecule has 3 atom stereocenters. The van der Waals surface area contributed by atoms with Gasteiger partial charge in [-0.05, 0) is 24.6 Å². The first-order chi connectivity index (χ1) is 10.4. The number of thioether (sulfide) groups is 1. The van der Waals surface area contributed by atoms with Crippen LogP contribution in [0.4, 0.5) is 14.5 Å². The SMILES string of the molecule is COC(=O)C12CC1C(CF)(c1cc(N)ccc1F)N=C(N)S2. The minimum absolute atomic E-state index is 0.0222. The summed E-state index contributed by atoms with van der Waals surface area (Å²) in [6.45, 7) is -0.974. The number of anilines is 1. The molecule has 1 fully saturated rings. The fourth-order valence-electron chi connectivity index (χ4n) is 3.15. The predicted molar refractivity (Wildman–Crippen MR) is 80.5 cm³/mol. The van der Waals surface area contributed by atoms with Gasteiger partial charge in [0.15, 0.2) is 5.17 Å². The van der Waals surface area contributed by atoms with E-state index in [2.05, 4.69) is 4.99 Å². The van der Waals surface area contributed by atoms with Gasteiger partial charge in [-0.3, -0.25) is 4.79 Å². The molecular weight excluding hydrogens is 312 g/mol. The molecule has 4 N–H and O–H groups in total. The van der Waals surface area contributed by atoms with E-state index in [9.17, 15) is 13.6 Å². The molecule has 1 aliphatic heterocycles. The number of amidine groups is 1. The van der Waals surface area contributed by atoms with E-state index in [4.69, 9.17) is 16.2 Å². The number of methoxy groups -OCH3 is 1. The Morgan fingerprint density at radius 1 is 1.55 bits per heavy atom. The van der Waals surface area contributed by atoms with Crippen LogP contribution in [0.2, 0.25) is 0 Å². The highest BCUT2D eigenvalue weighted by Gasteiger charge is 2.73. The Labute approximate surface area is 130 Å². The minimum Gasteiger partial charge on any atom is -0.468 e. The van der Waals surface area contributed by atoms with Crippen LogP contribution in [-0.4, -0.2) is 29.7 Å². The maximum atomic E-state index is 14.3. The third-order valence-electron chi connectivity index (χ3n) is 4.27.